The lowest BCUT2D eigenvalue weighted by Crippen LogP contribution is -2.14. The number of ether oxygens (including phenoxy) is 1. The smallest absolute Gasteiger partial charge is 0.0994 e. The zero-order valence-electron chi connectivity index (χ0n) is 10.0. The van der Waals surface area contributed by atoms with Crippen molar-refractivity contribution in [3.8, 4) is 6.07 Å². The van der Waals surface area contributed by atoms with Crippen LogP contribution in [0.25, 0.3) is 0 Å². The van der Waals surface area contributed by atoms with Crippen molar-refractivity contribution in [1.29, 1.82) is 5.26 Å². The van der Waals surface area contributed by atoms with Crippen LogP contribution in [-0.4, -0.2) is 6.61 Å². The average Bonchev–Trinajstić information content (AvgIpc) is 2.91. The highest BCUT2D eigenvalue weighted by Crippen LogP contribution is 2.39. The molecule has 1 fully saturated rings. The lowest BCUT2D eigenvalue weighted by atomic mass is 9.85. The maximum atomic E-state index is 9.29. The Morgan fingerprint density at radius 3 is 2.82 bits per heavy atom. The van der Waals surface area contributed by atoms with E-state index in [2.05, 4.69) is 12.1 Å². The minimum atomic E-state index is 0.598. The molecule has 0 N–H and O–H groups in total. The van der Waals surface area contributed by atoms with Gasteiger partial charge in [0.2, 0.25) is 0 Å². The quantitative estimate of drug-likeness (QED) is 0.737. The van der Waals surface area contributed by atoms with Crippen molar-refractivity contribution < 1.29 is 4.74 Å². The summed E-state index contributed by atoms with van der Waals surface area (Å²) in [5.41, 5.74) is 4.91. The first kappa shape index (κ1) is 10.8. The van der Waals surface area contributed by atoms with Gasteiger partial charge in [0.25, 0.3) is 0 Å². The van der Waals surface area contributed by atoms with Gasteiger partial charge in [-0.1, -0.05) is 18.9 Å². The van der Waals surface area contributed by atoms with Crippen molar-refractivity contribution in [3.05, 3.63) is 34.4 Å². The molecule has 0 spiro atoms. The molecule has 2 aliphatic rings. The lowest BCUT2D eigenvalue weighted by molar-refractivity contribution is 0.109. The standard InChI is InChI=1S/C15H17NO/c16-9-13-6-5-11-7-8-17-10-14(11)15(13)12-3-1-2-4-12/h5-6,12H,1-4,7-8,10H2. The third kappa shape index (κ3) is 1.85. The molecule has 1 aromatic rings. The summed E-state index contributed by atoms with van der Waals surface area (Å²) < 4.78 is 5.59. The van der Waals surface area contributed by atoms with E-state index in [1.54, 1.807) is 0 Å². The largest absolute Gasteiger partial charge is 0.376 e. The number of hydrogen-bond acceptors (Lipinski definition) is 2. The number of benzene rings is 1. The minimum absolute atomic E-state index is 0.598. The van der Waals surface area contributed by atoms with Crippen LogP contribution >= 0.6 is 0 Å². The molecule has 1 saturated carbocycles. The molecule has 0 saturated heterocycles. The van der Waals surface area contributed by atoms with Crippen molar-refractivity contribution in [2.24, 2.45) is 0 Å². The summed E-state index contributed by atoms with van der Waals surface area (Å²) in [6.07, 6.45) is 6.09. The van der Waals surface area contributed by atoms with Crippen LogP contribution in [0.2, 0.25) is 0 Å². The van der Waals surface area contributed by atoms with Gasteiger partial charge in [0.15, 0.2) is 0 Å². The van der Waals surface area contributed by atoms with E-state index in [9.17, 15) is 5.26 Å². The Bertz CT molecular complexity index is 467. The van der Waals surface area contributed by atoms with Crippen LogP contribution in [0.15, 0.2) is 12.1 Å². The summed E-state index contributed by atoms with van der Waals surface area (Å²) in [5.74, 6) is 0.598. The van der Waals surface area contributed by atoms with Gasteiger partial charge in [-0.25, -0.2) is 0 Å². The van der Waals surface area contributed by atoms with Crippen LogP contribution in [0.4, 0.5) is 0 Å². The predicted octanol–water partition coefficient (Wildman–Crippen LogP) is 3.29. The van der Waals surface area contributed by atoms with Gasteiger partial charge in [0.1, 0.15) is 0 Å². The first-order valence-electron chi connectivity index (χ1n) is 6.52. The Hall–Kier alpha value is -1.33. The SMILES string of the molecule is N#Cc1ccc2c(c1C1CCCC1)COCC2. The summed E-state index contributed by atoms with van der Waals surface area (Å²) in [7, 11) is 0. The molecule has 1 aliphatic carbocycles. The van der Waals surface area contributed by atoms with Crippen molar-refractivity contribution >= 4 is 0 Å². The first-order valence-corrected chi connectivity index (χ1v) is 6.52. The highest BCUT2D eigenvalue weighted by Gasteiger charge is 2.25. The van der Waals surface area contributed by atoms with E-state index in [1.807, 2.05) is 6.07 Å². The molecule has 17 heavy (non-hydrogen) atoms. The molecule has 0 bridgehead atoms. The van der Waals surface area contributed by atoms with Gasteiger partial charge in [0.05, 0.1) is 24.8 Å². The molecule has 0 amide bonds. The molecule has 3 rings (SSSR count). The molecule has 1 aromatic carbocycles. The van der Waals surface area contributed by atoms with Crippen LogP contribution in [0.5, 0.6) is 0 Å². The fourth-order valence-electron chi connectivity index (χ4n) is 3.25. The molecule has 0 unspecified atom stereocenters. The van der Waals surface area contributed by atoms with E-state index in [0.29, 0.717) is 12.5 Å². The van der Waals surface area contributed by atoms with Gasteiger partial charge in [-0.2, -0.15) is 5.26 Å². The number of rotatable bonds is 1. The second-order valence-corrected chi connectivity index (χ2v) is 5.06. The Kier molecular flexibility index (Phi) is 2.86. The zero-order valence-corrected chi connectivity index (χ0v) is 10.0. The van der Waals surface area contributed by atoms with Crippen LogP contribution in [0, 0.1) is 11.3 Å². The molecule has 0 atom stereocenters. The highest BCUT2D eigenvalue weighted by molar-refractivity contribution is 5.49. The molecule has 1 heterocycles. The van der Waals surface area contributed by atoms with E-state index >= 15 is 0 Å². The third-order valence-corrected chi connectivity index (χ3v) is 4.10. The molecular weight excluding hydrogens is 210 g/mol. The van der Waals surface area contributed by atoms with E-state index < -0.39 is 0 Å². The van der Waals surface area contributed by atoms with Gasteiger partial charge in [-0.15, -0.1) is 0 Å². The van der Waals surface area contributed by atoms with Gasteiger partial charge < -0.3 is 4.74 Å². The van der Waals surface area contributed by atoms with Gasteiger partial charge >= 0.3 is 0 Å². The van der Waals surface area contributed by atoms with E-state index in [1.165, 1.54) is 42.4 Å². The average molecular weight is 227 g/mol. The lowest BCUT2D eigenvalue weighted by Gasteiger charge is -2.24. The second-order valence-electron chi connectivity index (χ2n) is 5.06. The van der Waals surface area contributed by atoms with Crippen LogP contribution in [0.3, 0.4) is 0 Å². The van der Waals surface area contributed by atoms with Crippen molar-refractivity contribution in [2.75, 3.05) is 6.61 Å². The maximum Gasteiger partial charge on any atom is 0.0994 e. The van der Waals surface area contributed by atoms with Gasteiger partial charge in [-0.3, -0.25) is 0 Å². The first-order chi connectivity index (χ1) is 8.40. The maximum absolute atomic E-state index is 9.29. The molecule has 1 aliphatic heterocycles. The predicted molar refractivity (Wildman–Crippen MR) is 65.7 cm³/mol. The van der Waals surface area contributed by atoms with Crippen molar-refractivity contribution in [2.45, 2.75) is 44.6 Å². The van der Waals surface area contributed by atoms with E-state index in [4.69, 9.17) is 4.74 Å². The summed E-state index contributed by atoms with van der Waals surface area (Å²) in [5, 5.41) is 9.29. The molecule has 2 nitrogen and oxygen atoms in total. The summed E-state index contributed by atoms with van der Waals surface area (Å²) in [6, 6.07) is 6.50. The Morgan fingerprint density at radius 1 is 1.24 bits per heavy atom. The summed E-state index contributed by atoms with van der Waals surface area (Å²) in [6.45, 7) is 1.53. The topological polar surface area (TPSA) is 33.0 Å². The Balaban J connectivity index is 2.11. The molecular formula is C15H17NO. The number of nitrogens with zero attached hydrogens (tertiary/aromatic N) is 1. The Labute approximate surface area is 102 Å². The van der Waals surface area contributed by atoms with Gasteiger partial charge in [0, 0.05) is 0 Å². The molecule has 0 radical (unpaired) electrons. The van der Waals surface area contributed by atoms with E-state index in [0.717, 1.165) is 18.6 Å². The highest BCUT2D eigenvalue weighted by atomic mass is 16.5. The monoisotopic (exact) mass is 227 g/mol. The molecule has 2 heteroatoms. The number of fused-ring (bicyclic) bond motifs is 1. The summed E-state index contributed by atoms with van der Waals surface area (Å²) >= 11 is 0. The van der Waals surface area contributed by atoms with Crippen LogP contribution in [-0.2, 0) is 17.8 Å². The van der Waals surface area contributed by atoms with Crippen molar-refractivity contribution in [3.63, 3.8) is 0 Å². The van der Waals surface area contributed by atoms with Crippen LogP contribution < -0.4 is 0 Å². The third-order valence-electron chi connectivity index (χ3n) is 4.10. The minimum Gasteiger partial charge on any atom is -0.376 e. The molecule has 88 valence electrons. The van der Waals surface area contributed by atoms with Crippen LogP contribution in [0.1, 0.15) is 53.9 Å². The van der Waals surface area contributed by atoms with E-state index in [-0.39, 0.29) is 0 Å². The fourth-order valence-corrected chi connectivity index (χ4v) is 3.25. The number of nitriles is 1. The second kappa shape index (κ2) is 4.50. The van der Waals surface area contributed by atoms with Gasteiger partial charge in [-0.05, 0) is 47.9 Å². The number of hydrogen-bond donors (Lipinski definition) is 0. The summed E-state index contributed by atoms with van der Waals surface area (Å²) in [4.78, 5) is 0. The van der Waals surface area contributed by atoms with Crippen molar-refractivity contribution in [1.82, 2.24) is 0 Å². The Morgan fingerprint density at radius 2 is 2.06 bits per heavy atom. The zero-order chi connectivity index (χ0) is 11.7. The normalized spacial score (nSPS) is 19.9. The molecule has 0 aromatic heterocycles. The fraction of sp³-hybridized carbons (Fsp3) is 0.533.